The number of aliphatic hydroxyl groups is 1. The van der Waals surface area contributed by atoms with Gasteiger partial charge in [0, 0.05) is 74.9 Å². The van der Waals surface area contributed by atoms with Gasteiger partial charge in [0.05, 0.1) is 28.7 Å². The SMILES string of the molecule is C/C1=C/C=C/C(C)C[C@@H](C)C(O)[C@@H](C)C(OC(=O)N2CCC(c3ccccc3)CC2)[C@H](C)C/C=C/O[C@@]2(C)Oc3c(C)c(O)c4c(O)c(c5c(c4c3C2=O)=NC2(CCN(CC(C)C)CC2)N=5)NC1=O. The summed E-state index contributed by atoms with van der Waals surface area (Å²) in [4.78, 5) is 57.4. The van der Waals surface area contributed by atoms with Crippen LogP contribution in [0.1, 0.15) is 121 Å². The van der Waals surface area contributed by atoms with Crippen LogP contribution in [0.4, 0.5) is 10.5 Å². The van der Waals surface area contributed by atoms with Crippen LogP contribution in [-0.2, 0) is 14.3 Å². The van der Waals surface area contributed by atoms with Crippen molar-refractivity contribution in [3.8, 4) is 17.2 Å². The molecule has 9 rings (SSSR count). The molecule has 14 nitrogen and oxygen atoms in total. The number of phenolic OH excluding ortho intramolecular Hbond substituents is 2. The van der Waals surface area contributed by atoms with Crippen LogP contribution in [0.2, 0.25) is 0 Å². The van der Waals surface area contributed by atoms with Gasteiger partial charge in [-0.15, -0.1) is 0 Å². The number of ketones is 1. The molecular formula is C55H71N5O9. The van der Waals surface area contributed by atoms with Crippen molar-refractivity contribution in [1.82, 2.24) is 9.80 Å². The molecule has 3 unspecified atom stereocenters. The molecule has 0 aromatic heterocycles. The number of hydrogen-bond donors (Lipinski definition) is 4. The molecule has 6 aliphatic heterocycles. The monoisotopic (exact) mass is 946 g/mol. The van der Waals surface area contributed by atoms with Gasteiger partial charge in [-0.25, -0.2) is 4.79 Å². The van der Waals surface area contributed by atoms with Crippen LogP contribution in [0.25, 0.3) is 10.8 Å². The second-order valence-electron chi connectivity index (χ2n) is 21.1. The Labute approximate surface area is 405 Å². The Morgan fingerprint density at radius 3 is 2.30 bits per heavy atom. The Bertz CT molecular complexity index is 2680. The lowest BCUT2D eigenvalue weighted by molar-refractivity contribution is -0.112. The van der Waals surface area contributed by atoms with E-state index in [9.17, 15) is 29.7 Å². The van der Waals surface area contributed by atoms with E-state index in [0.29, 0.717) is 56.2 Å². The van der Waals surface area contributed by atoms with E-state index in [4.69, 9.17) is 24.2 Å². The third kappa shape index (κ3) is 9.88. The Morgan fingerprint density at radius 1 is 0.942 bits per heavy atom. The normalized spacial score (nSPS) is 29.7. The van der Waals surface area contributed by atoms with Crippen LogP contribution in [0.5, 0.6) is 17.2 Å². The fourth-order valence-corrected chi connectivity index (χ4v) is 11.1. The smallest absolute Gasteiger partial charge is 0.410 e. The Balaban J connectivity index is 1.15. The van der Waals surface area contributed by atoms with Gasteiger partial charge in [-0.05, 0) is 80.8 Å². The van der Waals surface area contributed by atoms with E-state index in [-0.39, 0.29) is 67.6 Å². The number of nitrogens with zero attached hydrogens (tertiary/aromatic N) is 4. The Morgan fingerprint density at radius 2 is 1.62 bits per heavy atom. The summed E-state index contributed by atoms with van der Waals surface area (Å²) in [5, 5.41) is 39.5. The highest BCUT2D eigenvalue weighted by atomic mass is 16.7. The minimum absolute atomic E-state index is 0.00193. The summed E-state index contributed by atoms with van der Waals surface area (Å²) in [7, 11) is 0. The number of phenols is 2. The van der Waals surface area contributed by atoms with Gasteiger partial charge in [0.25, 0.3) is 11.7 Å². The molecule has 4 N–H and O–H groups in total. The number of carbonyl (C=O) groups is 3. The molecule has 3 aromatic carbocycles. The summed E-state index contributed by atoms with van der Waals surface area (Å²) in [6.45, 7) is 20.6. The molecule has 6 aliphatic rings. The van der Waals surface area contributed by atoms with Gasteiger partial charge < -0.3 is 44.6 Å². The molecule has 5 bridgehead atoms. The third-order valence-electron chi connectivity index (χ3n) is 15.2. The lowest BCUT2D eigenvalue weighted by Crippen LogP contribution is -2.45. The summed E-state index contributed by atoms with van der Waals surface area (Å²) < 4.78 is 19.0. The van der Waals surface area contributed by atoms with Gasteiger partial charge in [-0.2, -0.15) is 0 Å². The number of hydrogen-bond acceptors (Lipinski definition) is 12. The van der Waals surface area contributed by atoms with E-state index < -0.39 is 53.1 Å². The molecule has 2 fully saturated rings. The maximum atomic E-state index is 14.8. The predicted molar refractivity (Wildman–Crippen MR) is 265 cm³/mol. The second kappa shape index (κ2) is 19.9. The molecule has 0 aliphatic carbocycles. The number of amides is 2. The number of fused-ring (bicyclic) bond motifs is 13. The maximum absolute atomic E-state index is 14.8. The van der Waals surface area contributed by atoms with Crippen molar-refractivity contribution in [2.75, 3.05) is 38.0 Å². The lowest BCUT2D eigenvalue weighted by atomic mass is 9.80. The molecule has 6 heterocycles. The Kier molecular flexibility index (Phi) is 14.4. The molecule has 2 saturated heterocycles. The number of aliphatic hydroxyl groups excluding tert-OH is 1. The highest BCUT2D eigenvalue weighted by Gasteiger charge is 2.50. The number of likely N-dealkylation sites (tertiary alicyclic amines) is 2. The number of piperidine rings is 2. The zero-order valence-electron chi connectivity index (χ0n) is 41.8. The quantitative estimate of drug-likeness (QED) is 0.185. The number of benzene rings is 3. The van der Waals surface area contributed by atoms with Crippen LogP contribution in [0.3, 0.4) is 0 Å². The molecule has 14 heteroatoms. The highest BCUT2D eigenvalue weighted by Crippen LogP contribution is 2.50. The molecule has 3 aromatic rings. The average Bonchev–Trinajstić information content (AvgIpc) is 3.83. The summed E-state index contributed by atoms with van der Waals surface area (Å²) in [5.41, 5.74) is 0.973. The van der Waals surface area contributed by atoms with Crippen LogP contribution in [-0.4, -0.2) is 99.3 Å². The van der Waals surface area contributed by atoms with E-state index in [2.05, 4.69) is 43.1 Å². The van der Waals surface area contributed by atoms with Gasteiger partial charge in [0.15, 0.2) is 11.4 Å². The van der Waals surface area contributed by atoms with E-state index in [1.54, 1.807) is 30.9 Å². The van der Waals surface area contributed by atoms with Crippen LogP contribution in [0, 0.1) is 36.5 Å². The van der Waals surface area contributed by atoms with Crippen molar-refractivity contribution in [1.29, 1.82) is 0 Å². The molecule has 7 atom stereocenters. The summed E-state index contributed by atoms with van der Waals surface area (Å²) in [5.74, 6) is -3.66. The molecule has 69 heavy (non-hydrogen) atoms. The lowest BCUT2D eigenvalue weighted by Gasteiger charge is -2.37. The Hall–Kier alpha value is -5.73. The number of anilines is 1. The standard InChI is InChI=1S/C55H71N5O9/c1-31(2)30-59-26-22-55(23-27-59)57-43-40-41-47(62)37(8)50-42(40)51(64)54(9,69-50)67-28-14-17-33(4)49(68-53(66)60-24-20-39(21-25-60)38-18-11-10-12-19-38)36(7)46(61)35(6)29-32(3)15-13-16-34(5)52(65)56-45(48(41)63)44(43)58-55/h10-16,18-19,28,31-33,35-36,39,46,49,61-63H,17,20-27,29-30H2,1-9H3,(H,56,65)/b15-13+,28-14+,34-16-/t32?,33-,35-,36-,46?,49?,54+/m1/s1. The summed E-state index contributed by atoms with van der Waals surface area (Å²) in [6.07, 6.45) is 10.5. The van der Waals surface area contributed by atoms with E-state index >= 15 is 0 Å². The number of Topliss-reactive ketones (excluding diaryl/α,β-unsaturated/α-hetero) is 1. The largest absolute Gasteiger partial charge is 0.507 e. The van der Waals surface area contributed by atoms with Crippen LogP contribution in [0.15, 0.2) is 76.5 Å². The topological polar surface area (TPSA) is 183 Å². The first-order valence-electron chi connectivity index (χ1n) is 25.0. The number of aromatic hydroxyl groups is 2. The van der Waals surface area contributed by atoms with Gasteiger partial charge in [0.1, 0.15) is 28.6 Å². The van der Waals surface area contributed by atoms with E-state index in [1.807, 2.05) is 51.1 Å². The van der Waals surface area contributed by atoms with Crippen molar-refractivity contribution in [3.05, 3.63) is 93.9 Å². The number of ether oxygens (including phenoxy) is 3. The first-order chi connectivity index (χ1) is 32.8. The van der Waals surface area contributed by atoms with Gasteiger partial charge >= 0.3 is 11.9 Å². The van der Waals surface area contributed by atoms with Crippen molar-refractivity contribution in [2.45, 2.75) is 130 Å². The first-order valence-corrected chi connectivity index (χ1v) is 25.0. The molecule has 1 spiro atoms. The van der Waals surface area contributed by atoms with Gasteiger partial charge in [0.2, 0.25) is 0 Å². The van der Waals surface area contributed by atoms with E-state index in [0.717, 1.165) is 32.5 Å². The molecule has 2 amide bonds. The minimum atomic E-state index is -1.88. The number of carbonyl (C=O) groups excluding carboxylic acids is 3. The number of nitrogens with one attached hydrogen (secondary N) is 1. The van der Waals surface area contributed by atoms with Crippen LogP contribution < -0.4 is 20.8 Å². The molecule has 370 valence electrons. The zero-order chi connectivity index (χ0) is 49.5. The predicted octanol–water partition coefficient (Wildman–Crippen LogP) is 8.61. The molecular weight excluding hydrogens is 875 g/mol. The number of allylic oxidation sites excluding steroid dienone is 4. The van der Waals surface area contributed by atoms with Crippen molar-refractivity contribution in [2.24, 2.45) is 39.6 Å². The zero-order valence-corrected chi connectivity index (χ0v) is 41.8. The van der Waals surface area contributed by atoms with Crippen LogP contribution >= 0.6 is 0 Å². The first kappa shape index (κ1) is 49.7. The van der Waals surface area contributed by atoms with Gasteiger partial charge in [-0.3, -0.25) is 19.6 Å². The highest BCUT2D eigenvalue weighted by molar-refractivity contribution is 6.19. The minimum Gasteiger partial charge on any atom is -0.507 e. The fourth-order valence-electron chi connectivity index (χ4n) is 11.1. The second-order valence-corrected chi connectivity index (χ2v) is 21.1. The number of rotatable bonds is 4. The molecule has 0 radical (unpaired) electrons. The van der Waals surface area contributed by atoms with E-state index in [1.165, 1.54) is 18.7 Å². The van der Waals surface area contributed by atoms with Crippen molar-refractivity contribution in [3.63, 3.8) is 0 Å². The molecule has 0 saturated carbocycles. The fraction of sp³-hybridized carbons (Fsp3) is 0.545. The average molecular weight is 946 g/mol. The maximum Gasteiger partial charge on any atom is 0.410 e. The van der Waals surface area contributed by atoms with Gasteiger partial charge in [-0.1, -0.05) is 90.1 Å². The summed E-state index contributed by atoms with van der Waals surface area (Å²) in [6, 6.07) is 10.4. The summed E-state index contributed by atoms with van der Waals surface area (Å²) >= 11 is 0. The van der Waals surface area contributed by atoms with Crippen molar-refractivity contribution < 1.29 is 43.9 Å². The third-order valence-corrected chi connectivity index (χ3v) is 15.2. The van der Waals surface area contributed by atoms with Crippen molar-refractivity contribution >= 4 is 34.2 Å².